The van der Waals surface area contributed by atoms with E-state index in [4.69, 9.17) is 5.41 Å². The summed E-state index contributed by atoms with van der Waals surface area (Å²) in [6.45, 7) is 24.1. The van der Waals surface area contributed by atoms with Gasteiger partial charge < -0.3 is 14.7 Å². The maximum Gasteiger partial charge on any atom is 0.217 e. The van der Waals surface area contributed by atoms with Crippen molar-refractivity contribution in [1.29, 1.82) is 5.41 Å². The van der Waals surface area contributed by atoms with Crippen LogP contribution in [0, 0.1) is 12.3 Å². The number of benzene rings is 1. The Balaban J connectivity index is 1.58. The van der Waals surface area contributed by atoms with Crippen molar-refractivity contribution in [2.24, 2.45) is 9.98 Å². The molecule has 0 atom stereocenters. The molecule has 1 aromatic rings. The van der Waals surface area contributed by atoms with Gasteiger partial charge in [0.2, 0.25) is 5.96 Å². The maximum atomic E-state index is 8.18. The summed E-state index contributed by atoms with van der Waals surface area (Å²) in [6.07, 6.45) is 0. The van der Waals surface area contributed by atoms with E-state index in [9.17, 15) is 0 Å². The summed E-state index contributed by atoms with van der Waals surface area (Å²) < 4.78 is 0. The van der Waals surface area contributed by atoms with Crippen LogP contribution in [-0.2, 0) is 6.54 Å². The lowest BCUT2D eigenvalue weighted by atomic mass is 10.0. The molecule has 1 aromatic carbocycles. The Labute approximate surface area is 200 Å². The topological polar surface area (TPSA) is 61.5 Å². The molecule has 7 heteroatoms. The number of aryl methyl sites for hydroxylation is 1. The Morgan fingerprint density at radius 1 is 0.939 bits per heavy atom. The molecular formula is C26H41N7. The Bertz CT molecular complexity index is 897. The van der Waals surface area contributed by atoms with Crippen LogP contribution in [0.5, 0.6) is 0 Å². The summed E-state index contributed by atoms with van der Waals surface area (Å²) in [7, 11) is 0. The van der Waals surface area contributed by atoms with Crippen molar-refractivity contribution in [2.75, 3.05) is 58.9 Å². The van der Waals surface area contributed by atoms with Crippen LogP contribution in [0.4, 0.5) is 0 Å². The summed E-state index contributed by atoms with van der Waals surface area (Å²) in [5.74, 6) is 1.53. The largest absolute Gasteiger partial charge is 0.368 e. The van der Waals surface area contributed by atoms with Gasteiger partial charge in [-0.1, -0.05) is 18.7 Å². The van der Waals surface area contributed by atoms with Crippen LogP contribution in [0.3, 0.4) is 0 Å². The van der Waals surface area contributed by atoms with Crippen molar-refractivity contribution in [1.82, 2.24) is 19.6 Å². The summed E-state index contributed by atoms with van der Waals surface area (Å²) >= 11 is 0. The van der Waals surface area contributed by atoms with E-state index >= 15 is 0 Å². The molecule has 7 nitrogen and oxygen atoms in total. The molecular weight excluding hydrogens is 410 g/mol. The van der Waals surface area contributed by atoms with Gasteiger partial charge in [0.15, 0.2) is 0 Å². The third-order valence-corrected chi connectivity index (χ3v) is 6.53. The van der Waals surface area contributed by atoms with Gasteiger partial charge in [-0.15, -0.1) is 0 Å². The lowest BCUT2D eigenvalue weighted by Gasteiger charge is -2.38. The normalized spacial score (nSPS) is 17.8. The van der Waals surface area contributed by atoms with E-state index in [2.05, 4.69) is 70.2 Å². The van der Waals surface area contributed by atoms with Crippen LogP contribution < -0.4 is 0 Å². The average Bonchev–Trinajstić information content (AvgIpc) is 2.80. The molecule has 0 amide bonds. The Morgan fingerprint density at radius 2 is 1.55 bits per heavy atom. The SMILES string of the molecule is C=C(c1cc(CN2CCN(C(C)=NCC)CC2)ccc1C)N1CCN(C(=N)N=C(C)C)CC1. The fourth-order valence-corrected chi connectivity index (χ4v) is 4.54. The molecule has 2 aliphatic heterocycles. The van der Waals surface area contributed by atoms with Crippen molar-refractivity contribution in [2.45, 2.75) is 41.2 Å². The number of aliphatic imine (C=N–C) groups is 2. The highest BCUT2D eigenvalue weighted by molar-refractivity contribution is 5.93. The molecule has 3 rings (SSSR count). The van der Waals surface area contributed by atoms with Gasteiger partial charge in [-0.05, 0) is 51.8 Å². The zero-order valence-corrected chi connectivity index (χ0v) is 21.2. The summed E-state index contributed by atoms with van der Waals surface area (Å²) in [5, 5.41) is 8.18. The Kier molecular flexibility index (Phi) is 8.67. The first-order valence-electron chi connectivity index (χ1n) is 12.2. The van der Waals surface area contributed by atoms with Crippen LogP contribution in [0.1, 0.15) is 44.4 Å². The van der Waals surface area contributed by atoms with E-state index in [0.29, 0.717) is 5.96 Å². The number of hydrogen-bond donors (Lipinski definition) is 1. The quantitative estimate of drug-likeness (QED) is 0.549. The molecule has 2 aliphatic rings. The van der Waals surface area contributed by atoms with Gasteiger partial charge in [-0.25, -0.2) is 4.99 Å². The van der Waals surface area contributed by atoms with E-state index in [1.165, 1.54) is 16.7 Å². The Morgan fingerprint density at radius 3 is 2.15 bits per heavy atom. The van der Waals surface area contributed by atoms with E-state index in [0.717, 1.165) is 82.7 Å². The number of hydrogen-bond acceptors (Lipinski definition) is 4. The van der Waals surface area contributed by atoms with Gasteiger partial charge >= 0.3 is 0 Å². The van der Waals surface area contributed by atoms with Crippen LogP contribution >= 0.6 is 0 Å². The first-order chi connectivity index (χ1) is 15.8. The molecule has 33 heavy (non-hydrogen) atoms. The fraction of sp³-hybridized carbons (Fsp3) is 0.577. The second-order valence-corrected chi connectivity index (χ2v) is 9.24. The van der Waals surface area contributed by atoms with E-state index < -0.39 is 0 Å². The molecule has 0 unspecified atom stereocenters. The number of rotatable bonds is 5. The summed E-state index contributed by atoms with van der Waals surface area (Å²) in [6, 6.07) is 6.81. The zero-order chi connectivity index (χ0) is 24.0. The fourth-order valence-electron chi connectivity index (χ4n) is 4.54. The van der Waals surface area contributed by atoms with Crippen molar-refractivity contribution in [3.05, 3.63) is 41.5 Å². The minimum Gasteiger partial charge on any atom is -0.368 e. The molecule has 2 saturated heterocycles. The standard InChI is InChI=1S/C26H41N7/c1-7-28-23(6)32-12-10-30(11-13-32)19-24-9-8-21(4)25(18-24)22(5)31-14-16-33(17-15-31)26(27)29-20(2)3/h8-9,18,27H,5,7,10-17,19H2,1-4,6H3. The summed E-state index contributed by atoms with van der Waals surface area (Å²) in [4.78, 5) is 18.2. The van der Waals surface area contributed by atoms with E-state index in [1.54, 1.807) is 0 Å². The highest BCUT2D eigenvalue weighted by Gasteiger charge is 2.22. The van der Waals surface area contributed by atoms with Crippen LogP contribution in [0.25, 0.3) is 5.70 Å². The highest BCUT2D eigenvalue weighted by atomic mass is 15.3. The first-order valence-corrected chi connectivity index (χ1v) is 12.2. The van der Waals surface area contributed by atoms with Crippen LogP contribution in [0.2, 0.25) is 0 Å². The average molecular weight is 452 g/mol. The molecule has 0 spiro atoms. The van der Waals surface area contributed by atoms with Crippen LogP contribution in [-0.4, -0.2) is 96.0 Å². The molecule has 180 valence electrons. The van der Waals surface area contributed by atoms with Crippen molar-refractivity contribution >= 4 is 23.2 Å². The van der Waals surface area contributed by atoms with Gasteiger partial charge in [0.1, 0.15) is 0 Å². The minimum atomic E-state index is 0.370. The zero-order valence-electron chi connectivity index (χ0n) is 21.2. The lowest BCUT2D eigenvalue weighted by Crippen LogP contribution is -2.47. The van der Waals surface area contributed by atoms with E-state index in [-0.39, 0.29) is 0 Å². The number of piperazine rings is 2. The Hall–Kier alpha value is -2.67. The molecule has 2 heterocycles. The molecule has 0 bridgehead atoms. The molecule has 0 aromatic heterocycles. The highest BCUT2D eigenvalue weighted by Crippen LogP contribution is 2.24. The molecule has 2 fully saturated rings. The van der Waals surface area contributed by atoms with Gasteiger partial charge in [0, 0.05) is 82.4 Å². The van der Waals surface area contributed by atoms with E-state index in [1.807, 2.05) is 18.7 Å². The molecule has 0 aliphatic carbocycles. The van der Waals surface area contributed by atoms with Gasteiger partial charge in [0.25, 0.3) is 0 Å². The van der Waals surface area contributed by atoms with Crippen molar-refractivity contribution in [3.8, 4) is 0 Å². The van der Waals surface area contributed by atoms with Gasteiger partial charge in [-0.2, -0.15) is 0 Å². The van der Waals surface area contributed by atoms with Crippen molar-refractivity contribution < 1.29 is 0 Å². The maximum absolute atomic E-state index is 8.18. The number of guanidine groups is 1. The van der Waals surface area contributed by atoms with Gasteiger partial charge in [-0.3, -0.25) is 15.3 Å². The monoisotopic (exact) mass is 451 g/mol. The summed E-state index contributed by atoms with van der Waals surface area (Å²) in [5.41, 5.74) is 5.86. The number of amidine groups is 1. The number of nitrogens with zero attached hydrogens (tertiary/aromatic N) is 6. The second-order valence-electron chi connectivity index (χ2n) is 9.24. The third kappa shape index (κ3) is 6.67. The molecule has 0 radical (unpaired) electrons. The molecule has 1 N–H and O–H groups in total. The predicted octanol–water partition coefficient (Wildman–Crippen LogP) is 3.55. The second kappa shape index (κ2) is 11.5. The predicted molar refractivity (Wildman–Crippen MR) is 140 cm³/mol. The van der Waals surface area contributed by atoms with Crippen LogP contribution in [0.15, 0.2) is 34.8 Å². The van der Waals surface area contributed by atoms with Gasteiger partial charge in [0.05, 0.1) is 5.84 Å². The lowest BCUT2D eigenvalue weighted by molar-refractivity contribution is 0.175. The smallest absolute Gasteiger partial charge is 0.217 e. The third-order valence-electron chi connectivity index (χ3n) is 6.53. The van der Waals surface area contributed by atoms with Crippen molar-refractivity contribution in [3.63, 3.8) is 0 Å². The molecule has 0 saturated carbocycles. The first kappa shape index (κ1) is 25.0. The minimum absolute atomic E-state index is 0.370. The number of nitrogens with one attached hydrogen (secondary N) is 1.